The van der Waals surface area contributed by atoms with Crippen LogP contribution in [0.2, 0.25) is 0 Å². The molecule has 3 rings (SSSR count). The third kappa shape index (κ3) is 1.96. The normalized spacial score (nSPS) is 28.8. The lowest BCUT2D eigenvalue weighted by molar-refractivity contribution is 0.207. The van der Waals surface area contributed by atoms with E-state index in [1.165, 1.54) is 30.7 Å². The van der Waals surface area contributed by atoms with Gasteiger partial charge in [-0.25, -0.2) is 4.98 Å². The standard InChI is InChI=1S/C12H19N3S/c1-2-13-12-14-6-11(16-12)8-15-7-9-3-4-10(15)5-9/h6,9-10H,2-5,7-8H2,1H3,(H,13,14). The molecule has 2 fully saturated rings. The molecule has 0 spiro atoms. The number of piperidine rings is 1. The Morgan fingerprint density at radius 1 is 1.56 bits per heavy atom. The zero-order chi connectivity index (χ0) is 11.0. The van der Waals surface area contributed by atoms with Crippen molar-refractivity contribution < 1.29 is 0 Å². The molecule has 1 aliphatic carbocycles. The van der Waals surface area contributed by atoms with E-state index in [0.29, 0.717) is 0 Å². The zero-order valence-electron chi connectivity index (χ0n) is 9.78. The van der Waals surface area contributed by atoms with Gasteiger partial charge >= 0.3 is 0 Å². The van der Waals surface area contributed by atoms with Crippen LogP contribution < -0.4 is 5.32 Å². The molecule has 1 saturated carbocycles. The van der Waals surface area contributed by atoms with Gasteiger partial charge in [0.2, 0.25) is 0 Å². The first-order valence-electron chi connectivity index (χ1n) is 6.27. The molecule has 1 saturated heterocycles. The third-order valence-corrected chi connectivity index (χ3v) is 4.70. The molecule has 3 nitrogen and oxygen atoms in total. The van der Waals surface area contributed by atoms with Gasteiger partial charge < -0.3 is 5.32 Å². The second kappa shape index (κ2) is 4.34. The van der Waals surface area contributed by atoms with Gasteiger partial charge in [0.1, 0.15) is 0 Å². The Kier molecular flexibility index (Phi) is 2.86. The fourth-order valence-electron chi connectivity index (χ4n) is 3.03. The molecule has 1 aliphatic heterocycles. The van der Waals surface area contributed by atoms with Crippen LogP contribution >= 0.6 is 11.3 Å². The molecule has 2 unspecified atom stereocenters. The van der Waals surface area contributed by atoms with E-state index in [-0.39, 0.29) is 0 Å². The van der Waals surface area contributed by atoms with Crippen LogP contribution in [-0.4, -0.2) is 29.0 Å². The maximum Gasteiger partial charge on any atom is 0.182 e. The van der Waals surface area contributed by atoms with Gasteiger partial charge in [-0.3, -0.25) is 4.90 Å². The Labute approximate surface area is 101 Å². The van der Waals surface area contributed by atoms with Gasteiger partial charge in [-0.05, 0) is 32.1 Å². The van der Waals surface area contributed by atoms with E-state index in [1.54, 1.807) is 0 Å². The first-order chi connectivity index (χ1) is 7.85. The quantitative estimate of drug-likeness (QED) is 0.872. The smallest absolute Gasteiger partial charge is 0.182 e. The summed E-state index contributed by atoms with van der Waals surface area (Å²) in [7, 11) is 0. The molecule has 0 radical (unpaired) electrons. The second-order valence-corrected chi connectivity index (χ2v) is 6.04. The number of fused-ring (bicyclic) bond motifs is 2. The van der Waals surface area contributed by atoms with Gasteiger partial charge in [0.15, 0.2) is 5.13 Å². The van der Waals surface area contributed by atoms with Crippen molar-refractivity contribution in [1.29, 1.82) is 0 Å². The predicted octanol–water partition coefficient (Wildman–Crippen LogP) is 2.56. The lowest BCUT2D eigenvalue weighted by Crippen LogP contribution is -2.31. The molecule has 2 aliphatic rings. The SMILES string of the molecule is CCNc1ncc(CN2CC3CCC2C3)s1. The van der Waals surface area contributed by atoms with E-state index in [2.05, 4.69) is 22.1 Å². The molecule has 16 heavy (non-hydrogen) atoms. The van der Waals surface area contributed by atoms with Crippen LogP contribution in [0.15, 0.2) is 6.20 Å². The molecule has 88 valence electrons. The van der Waals surface area contributed by atoms with Gasteiger partial charge in [0, 0.05) is 36.8 Å². The summed E-state index contributed by atoms with van der Waals surface area (Å²) in [4.78, 5) is 8.45. The minimum absolute atomic E-state index is 0.870. The molecule has 1 N–H and O–H groups in total. The summed E-state index contributed by atoms with van der Waals surface area (Å²) >= 11 is 1.81. The molecule has 2 bridgehead atoms. The topological polar surface area (TPSA) is 28.2 Å². The summed E-state index contributed by atoms with van der Waals surface area (Å²) in [6.45, 7) is 5.51. The number of thiazole rings is 1. The van der Waals surface area contributed by atoms with Crippen LogP contribution in [0.3, 0.4) is 0 Å². The van der Waals surface area contributed by atoms with Crippen molar-refractivity contribution in [2.75, 3.05) is 18.4 Å². The van der Waals surface area contributed by atoms with Crippen molar-refractivity contribution in [2.45, 2.75) is 38.8 Å². The van der Waals surface area contributed by atoms with Crippen LogP contribution in [0.1, 0.15) is 31.1 Å². The van der Waals surface area contributed by atoms with Gasteiger partial charge in [-0.15, -0.1) is 11.3 Å². The molecule has 0 aromatic carbocycles. The maximum absolute atomic E-state index is 4.39. The van der Waals surface area contributed by atoms with E-state index in [4.69, 9.17) is 0 Å². The Balaban J connectivity index is 1.61. The summed E-state index contributed by atoms with van der Waals surface area (Å²) in [5, 5.41) is 4.35. The minimum Gasteiger partial charge on any atom is -0.362 e. The molecular weight excluding hydrogens is 218 g/mol. The Hall–Kier alpha value is -0.610. The minimum atomic E-state index is 0.870. The summed E-state index contributed by atoms with van der Waals surface area (Å²) < 4.78 is 0. The lowest BCUT2D eigenvalue weighted by atomic mass is 10.1. The van der Waals surface area contributed by atoms with Crippen molar-refractivity contribution in [3.05, 3.63) is 11.1 Å². The first kappa shape index (κ1) is 10.5. The molecular formula is C12H19N3S. The van der Waals surface area contributed by atoms with Crippen LogP contribution in [-0.2, 0) is 6.54 Å². The van der Waals surface area contributed by atoms with E-state index >= 15 is 0 Å². The third-order valence-electron chi connectivity index (χ3n) is 3.76. The number of hydrogen-bond donors (Lipinski definition) is 1. The summed E-state index contributed by atoms with van der Waals surface area (Å²) in [6, 6.07) is 0.870. The van der Waals surface area contributed by atoms with Gasteiger partial charge in [0.25, 0.3) is 0 Å². The Bertz CT molecular complexity index is 363. The molecule has 4 heteroatoms. The average Bonchev–Trinajstić information content (AvgIpc) is 2.95. The number of likely N-dealkylation sites (tertiary alicyclic amines) is 1. The maximum atomic E-state index is 4.39. The number of anilines is 1. The fraction of sp³-hybridized carbons (Fsp3) is 0.750. The van der Waals surface area contributed by atoms with Crippen molar-refractivity contribution in [1.82, 2.24) is 9.88 Å². The monoisotopic (exact) mass is 237 g/mol. The van der Waals surface area contributed by atoms with Crippen molar-refractivity contribution in [3.8, 4) is 0 Å². The summed E-state index contributed by atoms with van der Waals surface area (Å²) in [5.74, 6) is 0.992. The van der Waals surface area contributed by atoms with Crippen molar-refractivity contribution >= 4 is 16.5 Å². The number of aromatic nitrogens is 1. The van der Waals surface area contributed by atoms with Crippen LogP contribution in [0.25, 0.3) is 0 Å². The average molecular weight is 237 g/mol. The highest BCUT2D eigenvalue weighted by molar-refractivity contribution is 7.15. The second-order valence-electron chi connectivity index (χ2n) is 4.92. The number of rotatable bonds is 4. The molecule has 2 heterocycles. The highest BCUT2D eigenvalue weighted by Gasteiger charge is 2.37. The number of hydrogen-bond acceptors (Lipinski definition) is 4. The van der Waals surface area contributed by atoms with E-state index < -0.39 is 0 Å². The summed E-state index contributed by atoms with van der Waals surface area (Å²) in [6.07, 6.45) is 6.36. The molecule has 1 aromatic rings. The van der Waals surface area contributed by atoms with Crippen LogP contribution in [0.5, 0.6) is 0 Å². The largest absolute Gasteiger partial charge is 0.362 e. The predicted molar refractivity (Wildman–Crippen MR) is 67.8 cm³/mol. The van der Waals surface area contributed by atoms with E-state index in [0.717, 1.165) is 30.2 Å². The van der Waals surface area contributed by atoms with E-state index in [9.17, 15) is 0 Å². The number of nitrogens with zero attached hydrogens (tertiary/aromatic N) is 2. The van der Waals surface area contributed by atoms with Crippen LogP contribution in [0.4, 0.5) is 5.13 Å². The zero-order valence-corrected chi connectivity index (χ0v) is 10.6. The Morgan fingerprint density at radius 2 is 2.50 bits per heavy atom. The number of nitrogens with one attached hydrogen (secondary N) is 1. The highest BCUT2D eigenvalue weighted by Crippen LogP contribution is 2.38. The fourth-order valence-corrected chi connectivity index (χ4v) is 3.94. The van der Waals surface area contributed by atoms with Crippen LogP contribution in [0, 0.1) is 5.92 Å². The van der Waals surface area contributed by atoms with Crippen molar-refractivity contribution in [3.63, 3.8) is 0 Å². The van der Waals surface area contributed by atoms with E-state index in [1.807, 2.05) is 17.5 Å². The molecule has 2 atom stereocenters. The van der Waals surface area contributed by atoms with Gasteiger partial charge in [0.05, 0.1) is 0 Å². The lowest BCUT2D eigenvalue weighted by Gasteiger charge is -2.25. The first-order valence-corrected chi connectivity index (χ1v) is 7.09. The van der Waals surface area contributed by atoms with Gasteiger partial charge in [-0.2, -0.15) is 0 Å². The highest BCUT2D eigenvalue weighted by atomic mass is 32.1. The molecule has 0 amide bonds. The molecule has 1 aromatic heterocycles. The Morgan fingerprint density at radius 3 is 3.19 bits per heavy atom. The summed E-state index contributed by atoms with van der Waals surface area (Å²) in [5.41, 5.74) is 0. The van der Waals surface area contributed by atoms with Gasteiger partial charge in [-0.1, -0.05) is 0 Å². The van der Waals surface area contributed by atoms with Crippen molar-refractivity contribution in [2.24, 2.45) is 5.92 Å².